The van der Waals surface area contributed by atoms with Gasteiger partial charge in [0.05, 0.1) is 42.0 Å². The van der Waals surface area contributed by atoms with Gasteiger partial charge >= 0.3 is 12.0 Å². The second kappa shape index (κ2) is 24.8. The molecule has 18 atom stereocenters. The fraction of sp³-hybridized carbons (Fsp3) is 0.741. The van der Waals surface area contributed by atoms with Crippen LogP contribution >= 0.6 is 0 Å². The summed E-state index contributed by atoms with van der Waals surface area (Å²) in [5.41, 5.74) is -4.76. The molecule has 3 saturated heterocycles. The van der Waals surface area contributed by atoms with Gasteiger partial charge in [-0.05, 0) is 111 Å². The van der Waals surface area contributed by atoms with E-state index in [0.29, 0.717) is 18.8 Å². The standard InChI is InChI=1S/C54H88N4O13/c1-14-26-55-32-54(65)38(8)68-43(29-52(54,10)66-13)70-45-35(5)47(51(9,63)28-33(3)30-56-37(7)46(60)53(11,64)42(15-2)69-48(61)36(45)6)71-49-44(59)41(27-34(4)67-49)58(31-39-22-18-16-19-23-39)50(62)57(12)40-24-20-17-21-25-40/h16-25,33-38,41-47,49,55-56,59-60,63-65H,14-15,26-32H2,1-13H3/t33-,34-,35+,36-,37-,38+,41+,42-,43+,44-,45+,46-,47-,49+,51-,52-,53-,54+/m1/s1. The lowest BCUT2D eigenvalue weighted by molar-refractivity contribution is -0.336. The van der Waals surface area contributed by atoms with Gasteiger partial charge in [-0.3, -0.25) is 9.69 Å². The summed E-state index contributed by atoms with van der Waals surface area (Å²) in [4.78, 5) is 32.5. The van der Waals surface area contributed by atoms with Gasteiger partial charge < -0.3 is 69.5 Å². The molecule has 0 bridgehead atoms. The molecule has 2 aromatic carbocycles. The Bertz CT molecular complexity index is 1970. The molecule has 2 aromatic rings. The van der Waals surface area contributed by atoms with Crippen LogP contribution in [0.2, 0.25) is 0 Å². The van der Waals surface area contributed by atoms with Crippen molar-refractivity contribution in [2.24, 2.45) is 17.8 Å². The molecule has 71 heavy (non-hydrogen) atoms. The highest BCUT2D eigenvalue weighted by molar-refractivity contribution is 5.91. The maximum atomic E-state index is 14.7. The van der Waals surface area contributed by atoms with E-state index >= 15 is 0 Å². The van der Waals surface area contributed by atoms with E-state index in [1.165, 1.54) is 14.0 Å². The zero-order chi connectivity index (χ0) is 52.6. The molecule has 3 heterocycles. The van der Waals surface area contributed by atoms with Gasteiger partial charge in [-0.15, -0.1) is 0 Å². The Morgan fingerprint density at radius 3 is 2.14 bits per heavy atom. The predicted octanol–water partition coefficient (Wildman–Crippen LogP) is 5.13. The van der Waals surface area contributed by atoms with Crippen LogP contribution in [0.3, 0.4) is 0 Å². The molecule has 7 N–H and O–H groups in total. The number of aliphatic hydroxyl groups is 5. The molecular formula is C54H88N4O13. The highest BCUT2D eigenvalue weighted by Crippen LogP contribution is 2.43. The first-order valence-electron chi connectivity index (χ1n) is 25.8. The smallest absolute Gasteiger partial charge is 0.324 e. The molecule has 17 heteroatoms. The number of rotatable bonds is 14. The number of para-hydroxylation sites is 1. The maximum absolute atomic E-state index is 14.7. The summed E-state index contributed by atoms with van der Waals surface area (Å²) in [5, 5.41) is 67.8. The number of hydrogen-bond donors (Lipinski definition) is 7. The van der Waals surface area contributed by atoms with Crippen molar-refractivity contribution in [3.8, 4) is 0 Å². The third-order valence-electron chi connectivity index (χ3n) is 15.6. The fourth-order valence-corrected chi connectivity index (χ4v) is 11.1. The van der Waals surface area contributed by atoms with Gasteiger partial charge in [0.25, 0.3) is 0 Å². The first-order valence-corrected chi connectivity index (χ1v) is 25.8. The van der Waals surface area contributed by atoms with Crippen molar-refractivity contribution in [2.45, 2.75) is 205 Å². The molecule has 0 spiro atoms. The number of ether oxygens (including phenoxy) is 6. The van der Waals surface area contributed by atoms with Gasteiger partial charge in [0, 0.05) is 51.3 Å². The Kier molecular flexibility index (Phi) is 20.5. The van der Waals surface area contributed by atoms with Crippen molar-refractivity contribution in [3.05, 3.63) is 66.2 Å². The van der Waals surface area contributed by atoms with Crippen LogP contribution in [0.1, 0.15) is 114 Å². The third-order valence-corrected chi connectivity index (χ3v) is 15.6. The number of methoxy groups -OCH3 is 1. The van der Waals surface area contributed by atoms with Crippen LogP contribution in [-0.2, 0) is 39.8 Å². The number of esters is 1. The van der Waals surface area contributed by atoms with Gasteiger partial charge in [-0.1, -0.05) is 76.2 Å². The minimum Gasteiger partial charge on any atom is -0.459 e. The molecule has 3 aliphatic rings. The number of carbonyl (C=O) groups is 2. The lowest BCUT2D eigenvalue weighted by atomic mass is 9.75. The van der Waals surface area contributed by atoms with Crippen LogP contribution in [0.15, 0.2) is 60.7 Å². The van der Waals surface area contributed by atoms with E-state index in [1.807, 2.05) is 81.4 Å². The van der Waals surface area contributed by atoms with E-state index in [9.17, 15) is 35.1 Å². The number of aliphatic hydroxyl groups excluding tert-OH is 2. The molecule has 5 rings (SSSR count). The first kappa shape index (κ1) is 58.6. The largest absolute Gasteiger partial charge is 0.459 e. The van der Waals surface area contributed by atoms with Gasteiger partial charge in [0.1, 0.15) is 35.1 Å². The first-order chi connectivity index (χ1) is 33.3. The molecule has 3 fully saturated rings. The lowest BCUT2D eigenvalue weighted by Gasteiger charge is -2.53. The quantitative estimate of drug-likeness (QED) is 0.0965. The van der Waals surface area contributed by atoms with E-state index in [2.05, 4.69) is 10.6 Å². The molecule has 0 saturated carbocycles. The number of cyclic esters (lactones) is 1. The molecule has 17 nitrogen and oxygen atoms in total. The van der Waals surface area contributed by atoms with E-state index in [1.54, 1.807) is 65.3 Å². The second-order valence-corrected chi connectivity index (χ2v) is 21.5. The van der Waals surface area contributed by atoms with E-state index in [0.717, 1.165) is 12.0 Å². The Morgan fingerprint density at radius 2 is 1.54 bits per heavy atom. The van der Waals surface area contributed by atoms with E-state index in [-0.39, 0.29) is 50.7 Å². The predicted molar refractivity (Wildman–Crippen MR) is 270 cm³/mol. The summed E-state index contributed by atoms with van der Waals surface area (Å²) in [6.07, 6.45) is -8.67. The summed E-state index contributed by atoms with van der Waals surface area (Å²) in [6.45, 7) is 20.7. The van der Waals surface area contributed by atoms with Crippen LogP contribution in [-0.4, -0.2) is 166 Å². The zero-order valence-corrected chi connectivity index (χ0v) is 44.6. The Labute approximate surface area is 422 Å². The number of amides is 2. The number of benzene rings is 2. The van der Waals surface area contributed by atoms with Crippen LogP contribution in [0.4, 0.5) is 10.5 Å². The normalized spacial score (nSPS) is 39.9. The SMILES string of the molecule is CCCNC[C@]1(O)[C@H](C)O[C@@H](O[C@H]2[C@H](C)[C@@H](O[C@@H]3O[C@H](C)C[C@H](N(Cc4ccccc4)C(=O)N(C)c4ccccc4)[C@H]3O)[C@](C)(O)C[C@@H](C)CN[C@H](C)[C@@H](O)[C@](C)(O)[C@@H](CC)OC(=O)[C@@H]2C)C[C@@]1(C)OC. The average molecular weight is 1000 g/mol. The third kappa shape index (κ3) is 13.5. The summed E-state index contributed by atoms with van der Waals surface area (Å²) in [5.74, 6) is -3.03. The van der Waals surface area contributed by atoms with Crippen LogP contribution < -0.4 is 15.5 Å². The van der Waals surface area contributed by atoms with Crippen molar-refractivity contribution in [3.63, 3.8) is 0 Å². The van der Waals surface area contributed by atoms with Crippen molar-refractivity contribution >= 4 is 17.7 Å². The molecule has 0 aromatic heterocycles. The van der Waals surface area contributed by atoms with Crippen LogP contribution in [0, 0.1) is 17.8 Å². The van der Waals surface area contributed by atoms with E-state index in [4.69, 9.17) is 28.4 Å². The summed E-state index contributed by atoms with van der Waals surface area (Å²) < 4.78 is 39.1. The van der Waals surface area contributed by atoms with Crippen LogP contribution in [0.25, 0.3) is 0 Å². The topological polar surface area (TPSA) is 221 Å². The van der Waals surface area contributed by atoms with Crippen molar-refractivity contribution in [1.82, 2.24) is 15.5 Å². The molecule has 2 amide bonds. The number of urea groups is 1. The number of hydrogen-bond acceptors (Lipinski definition) is 15. The number of nitrogens with zero attached hydrogens (tertiary/aromatic N) is 2. The molecule has 0 aliphatic carbocycles. The summed E-state index contributed by atoms with van der Waals surface area (Å²) in [6, 6.07) is 17.0. The highest BCUT2D eigenvalue weighted by Gasteiger charge is 2.58. The maximum Gasteiger partial charge on any atom is 0.324 e. The van der Waals surface area contributed by atoms with Gasteiger partial charge in [0.15, 0.2) is 12.6 Å². The van der Waals surface area contributed by atoms with Crippen molar-refractivity contribution in [2.75, 3.05) is 38.7 Å². The molecular weight excluding hydrogens is 913 g/mol. The molecule has 0 radical (unpaired) electrons. The van der Waals surface area contributed by atoms with E-state index < -0.39 is 108 Å². The minimum absolute atomic E-state index is 0.0382. The van der Waals surface area contributed by atoms with Crippen molar-refractivity contribution in [1.29, 1.82) is 0 Å². The molecule has 0 unspecified atom stereocenters. The molecule has 402 valence electrons. The number of carbonyl (C=O) groups excluding carboxylic acids is 2. The Balaban J connectivity index is 1.60. The average Bonchev–Trinajstić information content (AvgIpc) is 3.34. The lowest BCUT2D eigenvalue weighted by Crippen LogP contribution is -2.70. The highest BCUT2D eigenvalue weighted by atomic mass is 16.7. The fourth-order valence-electron chi connectivity index (χ4n) is 11.1. The minimum atomic E-state index is -1.87. The summed E-state index contributed by atoms with van der Waals surface area (Å²) in [7, 11) is 3.21. The van der Waals surface area contributed by atoms with Gasteiger partial charge in [-0.2, -0.15) is 0 Å². The second-order valence-electron chi connectivity index (χ2n) is 21.5. The number of anilines is 1. The Morgan fingerprint density at radius 1 is 0.901 bits per heavy atom. The van der Waals surface area contributed by atoms with Gasteiger partial charge in [-0.25, -0.2) is 4.79 Å². The summed E-state index contributed by atoms with van der Waals surface area (Å²) >= 11 is 0. The molecule has 3 aliphatic heterocycles. The Hall–Kier alpha value is -3.30. The van der Waals surface area contributed by atoms with Crippen molar-refractivity contribution < 1.29 is 63.5 Å². The monoisotopic (exact) mass is 1000 g/mol. The zero-order valence-electron chi connectivity index (χ0n) is 44.6. The van der Waals surface area contributed by atoms with Crippen LogP contribution in [0.5, 0.6) is 0 Å². The number of nitrogens with one attached hydrogen (secondary N) is 2. The van der Waals surface area contributed by atoms with Gasteiger partial charge in [0.2, 0.25) is 0 Å².